The molecule has 28 heavy (non-hydrogen) atoms. The first-order valence-corrected chi connectivity index (χ1v) is 9.95. The Morgan fingerprint density at radius 3 is 2.75 bits per heavy atom. The van der Waals surface area contributed by atoms with E-state index in [1.165, 1.54) is 0 Å². The monoisotopic (exact) mass is 446 g/mol. The summed E-state index contributed by atoms with van der Waals surface area (Å²) in [5.41, 5.74) is 2.17. The van der Waals surface area contributed by atoms with E-state index in [0.717, 1.165) is 22.2 Å². The molecule has 1 aliphatic rings. The van der Waals surface area contributed by atoms with Crippen molar-refractivity contribution >= 4 is 33.4 Å². The first kappa shape index (κ1) is 20.4. The molecule has 0 spiro atoms. The summed E-state index contributed by atoms with van der Waals surface area (Å²) in [6.45, 7) is 1.55. The van der Waals surface area contributed by atoms with Crippen molar-refractivity contribution in [3.05, 3.63) is 58.1 Å². The van der Waals surface area contributed by atoms with Crippen molar-refractivity contribution in [3.63, 3.8) is 0 Å². The molecule has 2 N–H and O–H groups in total. The second-order valence-corrected chi connectivity index (χ2v) is 7.55. The van der Waals surface area contributed by atoms with Crippen LogP contribution in [0.25, 0.3) is 0 Å². The number of nitrogens with one attached hydrogen (secondary N) is 2. The molecule has 1 atom stereocenters. The van der Waals surface area contributed by atoms with Gasteiger partial charge in [-0.15, -0.1) is 0 Å². The van der Waals surface area contributed by atoms with E-state index in [1.54, 1.807) is 25.3 Å². The Balaban J connectivity index is 1.62. The zero-order valence-electron chi connectivity index (χ0n) is 15.7. The van der Waals surface area contributed by atoms with E-state index < -0.39 is 0 Å². The number of amides is 2. The average Bonchev–Trinajstić information content (AvgIpc) is 2.71. The van der Waals surface area contributed by atoms with E-state index in [0.29, 0.717) is 37.4 Å². The van der Waals surface area contributed by atoms with Gasteiger partial charge in [-0.25, -0.2) is 0 Å². The lowest BCUT2D eigenvalue weighted by molar-refractivity contribution is -0.126. The predicted octanol–water partition coefficient (Wildman–Crippen LogP) is 3.41. The Morgan fingerprint density at radius 2 is 2.00 bits per heavy atom. The fourth-order valence-corrected chi connectivity index (χ4v) is 3.28. The lowest BCUT2D eigenvalue weighted by Crippen LogP contribution is -2.38. The first-order valence-electron chi connectivity index (χ1n) is 9.16. The van der Waals surface area contributed by atoms with E-state index in [4.69, 9.17) is 9.47 Å². The highest BCUT2D eigenvalue weighted by molar-refractivity contribution is 9.10. The third kappa shape index (κ3) is 5.33. The van der Waals surface area contributed by atoms with Crippen LogP contribution < -0.4 is 15.4 Å². The van der Waals surface area contributed by atoms with Gasteiger partial charge in [0.15, 0.2) is 0 Å². The minimum absolute atomic E-state index is 0.0222. The largest absolute Gasteiger partial charge is 0.492 e. The van der Waals surface area contributed by atoms with Gasteiger partial charge in [-0.3, -0.25) is 9.59 Å². The van der Waals surface area contributed by atoms with Gasteiger partial charge in [0.05, 0.1) is 5.92 Å². The maximum absolute atomic E-state index is 12.4. The molecular weight excluding hydrogens is 424 g/mol. The number of halogens is 1. The minimum atomic E-state index is -0.243. The van der Waals surface area contributed by atoms with Crippen molar-refractivity contribution < 1.29 is 19.1 Å². The summed E-state index contributed by atoms with van der Waals surface area (Å²) in [6, 6.07) is 12.7. The molecule has 0 saturated carbocycles. The van der Waals surface area contributed by atoms with Crippen molar-refractivity contribution in [2.75, 3.05) is 32.2 Å². The van der Waals surface area contributed by atoms with Crippen LogP contribution in [0.5, 0.6) is 5.75 Å². The smallest absolute Gasteiger partial charge is 0.255 e. The molecule has 3 rings (SSSR count). The minimum Gasteiger partial charge on any atom is -0.492 e. The highest BCUT2D eigenvalue weighted by atomic mass is 79.9. The molecule has 0 aromatic heterocycles. The van der Waals surface area contributed by atoms with Crippen LogP contribution in [0.15, 0.2) is 46.9 Å². The Labute approximate surface area is 172 Å². The topological polar surface area (TPSA) is 76.7 Å². The lowest BCUT2D eigenvalue weighted by Gasteiger charge is -2.25. The number of fused-ring (bicyclic) bond motifs is 1. The van der Waals surface area contributed by atoms with E-state index in [1.807, 2.05) is 24.3 Å². The summed E-state index contributed by atoms with van der Waals surface area (Å²) in [6.07, 6.45) is 1.35. The van der Waals surface area contributed by atoms with Gasteiger partial charge in [-0.05, 0) is 60.9 Å². The van der Waals surface area contributed by atoms with Crippen LogP contribution in [0.4, 0.5) is 5.69 Å². The molecule has 2 aromatic rings. The van der Waals surface area contributed by atoms with Gasteiger partial charge >= 0.3 is 0 Å². The molecule has 0 unspecified atom stereocenters. The molecule has 1 heterocycles. The van der Waals surface area contributed by atoms with Crippen LogP contribution in [0.1, 0.15) is 22.3 Å². The SMILES string of the molecule is COCCCNC(=O)[C@@H]1COc2ccc(NC(=O)c3ccc(Br)cc3)cc2C1. The summed E-state index contributed by atoms with van der Waals surface area (Å²) in [4.78, 5) is 24.7. The van der Waals surface area contributed by atoms with Crippen LogP contribution in [-0.2, 0) is 16.0 Å². The zero-order chi connectivity index (χ0) is 19.9. The molecule has 0 bridgehead atoms. The number of methoxy groups -OCH3 is 1. The van der Waals surface area contributed by atoms with Crippen LogP contribution >= 0.6 is 15.9 Å². The van der Waals surface area contributed by atoms with Gasteiger partial charge in [0, 0.05) is 36.0 Å². The van der Waals surface area contributed by atoms with E-state index in [-0.39, 0.29) is 17.7 Å². The van der Waals surface area contributed by atoms with Crippen molar-refractivity contribution in [3.8, 4) is 5.75 Å². The summed E-state index contributed by atoms with van der Waals surface area (Å²) in [7, 11) is 1.64. The van der Waals surface area contributed by atoms with Gasteiger partial charge in [0.1, 0.15) is 12.4 Å². The Hall–Kier alpha value is -2.38. The fraction of sp³-hybridized carbons (Fsp3) is 0.333. The number of ether oxygens (including phenoxy) is 2. The number of carbonyl (C=O) groups excluding carboxylic acids is 2. The molecule has 1 aliphatic heterocycles. The van der Waals surface area contributed by atoms with Gasteiger partial charge < -0.3 is 20.1 Å². The summed E-state index contributed by atoms with van der Waals surface area (Å²) < 4.78 is 11.6. The molecule has 0 aliphatic carbocycles. The molecule has 7 heteroatoms. The summed E-state index contributed by atoms with van der Waals surface area (Å²) in [5.74, 6) is 0.306. The van der Waals surface area contributed by atoms with E-state index in [9.17, 15) is 9.59 Å². The number of rotatable bonds is 7. The zero-order valence-corrected chi connectivity index (χ0v) is 17.3. The molecule has 2 aromatic carbocycles. The normalized spacial score (nSPS) is 15.3. The van der Waals surface area contributed by atoms with Gasteiger partial charge in [0.25, 0.3) is 5.91 Å². The molecule has 0 fully saturated rings. The summed E-state index contributed by atoms with van der Waals surface area (Å²) in [5, 5.41) is 5.81. The van der Waals surface area contributed by atoms with E-state index >= 15 is 0 Å². The molecule has 6 nitrogen and oxygen atoms in total. The Kier molecular flexibility index (Phi) is 7.06. The average molecular weight is 447 g/mol. The van der Waals surface area contributed by atoms with Crippen LogP contribution in [0.3, 0.4) is 0 Å². The molecular formula is C21H23BrN2O4. The number of anilines is 1. The van der Waals surface area contributed by atoms with Crippen molar-refractivity contribution in [2.24, 2.45) is 5.92 Å². The summed E-state index contributed by atoms with van der Waals surface area (Å²) >= 11 is 3.36. The number of hydrogen-bond acceptors (Lipinski definition) is 4. The van der Waals surface area contributed by atoms with Crippen LogP contribution in [-0.4, -0.2) is 38.7 Å². The third-order valence-corrected chi connectivity index (χ3v) is 5.06. The maximum atomic E-state index is 12.4. The van der Waals surface area contributed by atoms with Gasteiger partial charge in [-0.2, -0.15) is 0 Å². The van der Waals surface area contributed by atoms with Gasteiger partial charge in [0.2, 0.25) is 5.91 Å². The number of hydrogen-bond donors (Lipinski definition) is 2. The quantitative estimate of drug-likeness (QED) is 0.638. The Morgan fingerprint density at radius 1 is 1.21 bits per heavy atom. The fourth-order valence-electron chi connectivity index (χ4n) is 3.02. The van der Waals surface area contributed by atoms with Crippen molar-refractivity contribution in [2.45, 2.75) is 12.8 Å². The van der Waals surface area contributed by atoms with Gasteiger partial charge in [-0.1, -0.05) is 15.9 Å². The highest BCUT2D eigenvalue weighted by Crippen LogP contribution is 2.30. The van der Waals surface area contributed by atoms with Crippen molar-refractivity contribution in [1.29, 1.82) is 0 Å². The maximum Gasteiger partial charge on any atom is 0.255 e. The third-order valence-electron chi connectivity index (χ3n) is 4.53. The Bertz CT molecular complexity index is 839. The predicted molar refractivity (Wildman–Crippen MR) is 111 cm³/mol. The van der Waals surface area contributed by atoms with Crippen LogP contribution in [0.2, 0.25) is 0 Å². The molecule has 148 valence electrons. The van der Waals surface area contributed by atoms with Crippen LogP contribution in [0, 0.1) is 5.92 Å². The standard InChI is InChI=1S/C21H23BrN2O4/c1-27-10-2-9-23-20(25)16-11-15-12-18(7-8-19(15)28-13-16)24-21(26)14-3-5-17(22)6-4-14/h3-8,12,16H,2,9-11,13H2,1H3,(H,23,25)(H,24,26)/t16-/m0/s1. The van der Waals surface area contributed by atoms with Crippen molar-refractivity contribution in [1.82, 2.24) is 5.32 Å². The molecule has 2 amide bonds. The second kappa shape index (κ2) is 9.71. The first-order chi connectivity index (χ1) is 13.6. The second-order valence-electron chi connectivity index (χ2n) is 6.63. The number of carbonyl (C=O) groups is 2. The van der Waals surface area contributed by atoms with E-state index in [2.05, 4.69) is 26.6 Å². The highest BCUT2D eigenvalue weighted by Gasteiger charge is 2.26. The number of benzene rings is 2. The molecule has 0 radical (unpaired) electrons. The molecule has 0 saturated heterocycles. The lowest BCUT2D eigenvalue weighted by atomic mass is 9.95.